The van der Waals surface area contributed by atoms with Crippen LogP contribution in [-0.4, -0.2) is 22.8 Å². The number of hydrogen-bond acceptors (Lipinski definition) is 3. The molecule has 0 spiro atoms. The number of methoxy groups -OCH3 is 1. The fourth-order valence-corrected chi connectivity index (χ4v) is 2.86. The summed E-state index contributed by atoms with van der Waals surface area (Å²) in [5.41, 5.74) is 2.32. The molecule has 7 heteroatoms. The predicted octanol–water partition coefficient (Wildman–Crippen LogP) is 3.61. The average molecular weight is 371 g/mol. The van der Waals surface area contributed by atoms with Crippen LogP contribution in [0, 0.1) is 18.6 Å². The van der Waals surface area contributed by atoms with Gasteiger partial charge in [-0.3, -0.25) is 9.48 Å². The summed E-state index contributed by atoms with van der Waals surface area (Å²) in [5, 5.41) is 6.97. The summed E-state index contributed by atoms with van der Waals surface area (Å²) in [7, 11) is 3.21. The van der Waals surface area contributed by atoms with Crippen molar-refractivity contribution >= 4 is 5.91 Å². The number of ether oxygens (including phenoxy) is 1. The maximum Gasteiger partial charge on any atom is 0.255 e. The minimum Gasteiger partial charge on any atom is -0.497 e. The molecule has 1 aromatic heterocycles. The van der Waals surface area contributed by atoms with Crippen molar-refractivity contribution in [1.82, 2.24) is 15.1 Å². The second-order valence-corrected chi connectivity index (χ2v) is 6.23. The smallest absolute Gasteiger partial charge is 0.255 e. The van der Waals surface area contributed by atoms with E-state index < -0.39 is 17.5 Å². The van der Waals surface area contributed by atoms with Gasteiger partial charge in [-0.2, -0.15) is 5.10 Å². The van der Waals surface area contributed by atoms with Gasteiger partial charge in [0.1, 0.15) is 23.1 Å². The Morgan fingerprint density at radius 1 is 1.22 bits per heavy atom. The minimum absolute atomic E-state index is 0.0689. The van der Waals surface area contributed by atoms with Crippen LogP contribution in [0.2, 0.25) is 0 Å². The molecule has 0 aliphatic heterocycles. The van der Waals surface area contributed by atoms with Crippen LogP contribution in [0.5, 0.6) is 5.75 Å². The van der Waals surface area contributed by atoms with Crippen LogP contribution in [0.4, 0.5) is 8.78 Å². The third kappa shape index (κ3) is 4.13. The molecule has 0 saturated carbocycles. The van der Waals surface area contributed by atoms with Crippen molar-refractivity contribution in [1.29, 1.82) is 0 Å². The van der Waals surface area contributed by atoms with Crippen LogP contribution in [-0.2, 0) is 13.6 Å². The highest BCUT2D eigenvalue weighted by atomic mass is 19.1. The Morgan fingerprint density at radius 3 is 2.70 bits per heavy atom. The number of aromatic nitrogens is 2. The lowest BCUT2D eigenvalue weighted by Crippen LogP contribution is -2.23. The molecule has 140 valence electrons. The van der Waals surface area contributed by atoms with Crippen LogP contribution in [0.15, 0.2) is 42.6 Å². The van der Waals surface area contributed by atoms with Crippen LogP contribution >= 0.6 is 0 Å². The van der Waals surface area contributed by atoms with Gasteiger partial charge in [0.2, 0.25) is 0 Å². The highest BCUT2D eigenvalue weighted by Gasteiger charge is 2.20. The number of carbonyl (C=O) groups excluding carboxylic acids is 1. The molecule has 0 saturated heterocycles. The quantitative estimate of drug-likeness (QED) is 0.745. The van der Waals surface area contributed by atoms with Crippen LogP contribution in [0.1, 0.15) is 21.5 Å². The second-order valence-electron chi connectivity index (χ2n) is 6.23. The van der Waals surface area contributed by atoms with Gasteiger partial charge >= 0.3 is 0 Å². The number of nitrogens with zero attached hydrogens (tertiary/aromatic N) is 2. The Morgan fingerprint density at radius 2 is 2.00 bits per heavy atom. The van der Waals surface area contributed by atoms with Crippen LogP contribution in [0.25, 0.3) is 11.3 Å². The van der Waals surface area contributed by atoms with Crippen molar-refractivity contribution in [3.8, 4) is 17.0 Å². The molecule has 27 heavy (non-hydrogen) atoms. The van der Waals surface area contributed by atoms with Gasteiger partial charge in [0, 0.05) is 31.4 Å². The molecule has 0 radical (unpaired) electrons. The molecule has 2 aromatic carbocycles. The van der Waals surface area contributed by atoms with E-state index in [1.807, 2.05) is 25.1 Å². The third-order valence-corrected chi connectivity index (χ3v) is 4.06. The van der Waals surface area contributed by atoms with E-state index in [1.54, 1.807) is 14.2 Å². The Hall–Kier alpha value is -3.22. The lowest BCUT2D eigenvalue weighted by Gasteiger charge is -2.09. The summed E-state index contributed by atoms with van der Waals surface area (Å²) in [5.74, 6) is -1.16. The van der Waals surface area contributed by atoms with Gasteiger partial charge in [-0.05, 0) is 42.3 Å². The van der Waals surface area contributed by atoms with Crippen molar-refractivity contribution < 1.29 is 18.3 Å². The summed E-state index contributed by atoms with van der Waals surface area (Å²) >= 11 is 0. The van der Waals surface area contributed by atoms with E-state index in [-0.39, 0.29) is 23.4 Å². The first-order valence-corrected chi connectivity index (χ1v) is 8.29. The fraction of sp³-hybridized carbons (Fsp3) is 0.200. The molecule has 1 heterocycles. The number of carbonyl (C=O) groups is 1. The monoisotopic (exact) mass is 371 g/mol. The summed E-state index contributed by atoms with van der Waals surface area (Å²) in [6.07, 6.45) is 1.50. The molecule has 0 atom stereocenters. The van der Waals surface area contributed by atoms with E-state index in [4.69, 9.17) is 4.74 Å². The topological polar surface area (TPSA) is 56.1 Å². The highest BCUT2D eigenvalue weighted by molar-refractivity contribution is 5.99. The lowest BCUT2D eigenvalue weighted by molar-refractivity contribution is 0.0951. The molecular formula is C20H19F2N3O2. The highest BCUT2D eigenvalue weighted by Crippen LogP contribution is 2.25. The van der Waals surface area contributed by atoms with E-state index in [0.717, 1.165) is 23.3 Å². The van der Waals surface area contributed by atoms with Crippen molar-refractivity contribution in [2.75, 3.05) is 7.11 Å². The van der Waals surface area contributed by atoms with E-state index in [1.165, 1.54) is 16.9 Å². The van der Waals surface area contributed by atoms with Gasteiger partial charge in [-0.25, -0.2) is 8.78 Å². The van der Waals surface area contributed by atoms with Crippen molar-refractivity contribution in [3.63, 3.8) is 0 Å². The van der Waals surface area contributed by atoms with Gasteiger partial charge in [-0.15, -0.1) is 0 Å². The SMILES string of the molecule is COc1cc(C)cc(CNC(=O)c2cn(C)nc2-c2ccc(F)cc2F)c1. The number of halogens is 2. The van der Waals surface area contributed by atoms with Gasteiger partial charge in [-0.1, -0.05) is 6.07 Å². The minimum atomic E-state index is -0.772. The molecular weight excluding hydrogens is 352 g/mol. The zero-order valence-corrected chi connectivity index (χ0v) is 15.2. The number of rotatable bonds is 5. The van der Waals surface area contributed by atoms with Crippen molar-refractivity contribution in [2.45, 2.75) is 13.5 Å². The van der Waals surface area contributed by atoms with Gasteiger partial charge < -0.3 is 10.1 Å². The Bertz CT molecular complexity index is 999. The van der Waals surface area contributed by atoms with E-state index in [2.05, 4.69) is 10.4 Å². The van der Waals surface area contributed by atoms with Crippen LogP contribution < -0.4 is 10.1 Å². The van der Waals surface area contributed by atoms with E-state index >= 15 is 0 Å². The van der Waals surface area contributed by atoms with Crippen molar-refractivity contribution in [3.05, 3.63) is 70.9 Å². The molecule has 0 bridgehead atoms. The number of amides is 1. The maximum absolute atomic E-state index is 14.1. The largest absolute Gasteiger partial charge is 0.497 e. The molecule has 3 aromatic rings. The van der Waals surface area contributed by atoms with E-state index in [0.29, 0.717) is 5.75 Å². The number of hydrogen-bond donors (Lipinski definition) is 1. The Kier molecular flexibility index (Phi) is 5.21. The van der Waals surface area contributed by atoms with Gasteiger partial charge in [0.05, 0.1) is 12.7 Å². The second kappa shape index (κ2) is 7.57. The zero-order chi connectivity index (χ0) is 19.6. The first-order valence-electron chi connectivity index (χ1n) is 8.29. The molecule has 1 N–H and O–H groups in total. The molecule has 0 aliphatic carbocycles. The maximum atomic E-state index is 14.1. The Labute approximate surface area is 155 Å². The van der Waals surface area contributed by atoms with Crippen molar-refractivity contribution in [2.24, 2.45) is 7.05 Å². The summed E-state index contributed by atoms with van der Waals surface area (Å²) in [6, 6.07) is 8.83. The van der Waals surface area contributed by atoms with Crippen LogP contribution in [0.3, 0.4) is 0 Å². The van der Waals surface area contributed by atoms with Gasteiger partial charge in [0.15, 0.2) is 0 Å². The third-order valence-electron chi connectivity index (χ3n) is 4.06. The normalized spacial score (nSPS) is 10.7. The lowest BCUT2D eigenvalue weighted by atomic mass is 10.1. The Balaban J connectivity index is 1.85. The first kappa shape index (κ1) is 18.6. The molecule has 1 amide bonds. The molecule has 0 unspecified atom stereocenters. The zero-order valence-electron chi connectivity index (χ0n) is 15.2. The summed E-state index contributed by atoms with van der Waals surface area (Å²) in [4.78, 5) is 12.7. The fourth-order valence-electron chi connectivity index (χ4n) is 2.86. The van der Waals surface area contributed by atoms with Gasteiger partial charge in [0.25, 0.3) is 5.91 Å². The average Bonchev–Trinajstić information content (AvgIpc) is 3.00. The summed E-state index contributed by atoms with van der Waals surface area (Å²) in [6.45, 7) is 2.21. The molecule has 0 aliphatic rings. The molecule has 5 nitrogen and oxygen atoms in total. The van der Waals surface area contributed by atoms with E-state index in [9.17, 15) is 13.6 Å². The number of nitrogens with one attached hydrogen (secondary N) is 1. The first-order chi connectivity index (χ1) is 12.9. The standard InChI is InChI=1S/C20H19F2N3O2/c1-12-6-13(8-15(7-12)27-3)10-23-20(26)17-11-25(2)24-19(17)16-5-4-14(21)9-18(16)22/h4-9,11H,10H2,1-3H3,(H,23,26). The summed E-state index contributed by atoms with van der Waals surface area (Å²) < 4.78 is 34.0. The molecule has 0 fully saturated rings. The number of benzene rings is 2. The number of aryl methyl sites for hydroxylation is 2. The predicted molar refractivity (Wildman–Crippen MR) is 97.5 cm³/mol. The molecule has 3 rings (SSSR count).